The van der Waals surface area contributed by atoms with Crippen molar-refractivity contribution in [3.05, 3.63) is 24.3 Å². The highest BCUT2D eigenvalue weighted by Gasteiger charge is 2.22. The first-order valence-electron chi connectivity index (χ1n) is 6.06. The van der Waals surface area contributed by atoms with Crippen LogP contribution < -0.4 is 15.2 Å². The standard InChI is InChI=1S/C13H20N2O3S/c1-9(2)7-12(14)13(16)15-19(17)11-6-4-5-10(8-11)18-3/h4-6,8-9,12H,7,14H2,1-3H3,(H,15,16). The van der Waals surface area contributed by atoms with Gasteiger partial charge in [-0.2, -0.15) is 4.72 Å². The van der Waals surface area contributed by atoms with Crippen molar-refractivity contribution in [2.24, 2.45) is 11.7 Å². The lowest BCUT2D eigenvalue weighted by Crippen LogP contribution is -2.43. The van der Waals surface area contributed by atoms with Gasteiger partial charge in [0.15, 0.2) is 4.90 Å². The van der Waals surface area contributed by atoms with E-state index in [0.29, 0.717) is 23.0 Å². The molecule has 106 valence electrons. The number of benzene rings is 1. The number of carbonyl (C=O) groups is 1. The fraction of sp³-hybridized carbons (Fsp3) is 0.462. The maximum atomic E-state index is 12.0. The molecular formula is C13H20N2O3S. The molecule has 2 atom stereocenters. The summed E-state index contributed by atoms with van der Waals surface area (Å²) < 4.78 is 19.4. The Labute approximate surface area is 116 Å². The number of nitrogens with two attached hydrogens (primary N) is 1. The Hall–Kier alpha value is -1.24. The SMILES string of the molecule is COc1cccc([S+]([O-])NC(=O)C(N)CC(C)C)c1. The molecule has 19 heavy (non-hydrogen) atoms. The fourth-order valence-electron chi connectivity index (χ4n) is 1.56. The smallest absolute Gasteiger partial charge is 0.278 e. The van der Waals surface area contributed by atoms with Crippen molar-refractivity contribution >= 4 is 17.3 Å². The lowest BCUT2D eigenvalue weighted by Gasteiger charge is -2.15. The van der Waals surface area contributed by atoms with Crippen LogP contribution in [0.2, 0.25) is 0 Å². The Morgan fingerprint density at radius 1 is 1.53 bits per heavy atom. The number of ether oxygens (including phenoxy) is 1. The van der Waals surface area contributed by atoms with Gasteiger partial charge in [-0.3, -0.25) is 4.79 Å². The summed E-state index contributed by atoms with van der Waals surface area (Å²) in [4.78, 5) is 12.2. The van der Waals surface area contributed by atoms with E-state index in [9.17, 15) is 9.35 Å². The zero-order chi connectivity index (χ0) is 14.4. The van der Waals surface area contributed by atoms with E-state index in [1.807, 2.05) is 13.8 Å². The number of hydrogen-bond acceptors (Lipinski definition) is 4. The first-order chi connectivity index (χ1) is 8.93. The molecular weight excluding hydrogens is 264 g/mol. The molecule has 1 rings (SSSR count). The van der Waals surface area contributed by atoms with E-state index in [1.54, 1.807) is 24.3 Å². The van der Waals surface area contributed by atoms with Crippen LogP contribution in [0.1, 0.15) is 20.3 Å². The van der Waals surface area contributed by atoms with Crippen LogP contribution in [0.15, 0.2) is 29.2 Å². The Balaban J connectivity index is 2.63. The number of hydrogen-bond donors (Lipinski definition) is 2. The van der Waals surface area contributed by atoms with Gasteiger partial charge in [0.05, 0.1) is 13.2 Å². The van der Waals surface area contributed by atoms with Crippen molar-refractivity contribution in [3.8, 4) is 5.75 Å². The quantitative estimate of drug-likeness (QED) is 0.769. The minimum Gasteiger partial charge on any atom is -0.588 e. The zero-order valence-corrected chi connectivity index (χ0v) is 12.2. The molecule has 2 unspecified atom stereocenters. The van der Waals surface area contributed by atoms with Gasteiger partial charge in [-0.1, -0.05) is 19.9 Å². The lowest BCUT2D eigenvalue weighted by atomic mass is 10.0. The molecule has 3 N–H and O–H groups in total. The molecule has 0 saturated heterocycles. The minimum atomic E-state index is -1.62. The molecule has 0 saturated carbocycles. The normalized spacial score (nSPS) is 14.0. The van der Waals surface area contributed by atoms with Gasteiger partial charge in [0.2, 0.25) is 0 Å². The summed E-state index contributed by atoms with van der Waals surface area (Å²) in [5, 5.41) is 0. The Morgan fingerprint density at radius 3 is 2.79 bits per heavy atom. The summed E-state index contributed by atoms with van der Waals surface area (Å²) in [7, 11) is 1.53. The fourth-order valence-corrected chi connectivity index (χ4v) is 2.43. The number of nitrogens with one attached hydrogen (secondary N) is 1. The monoisotopic (exact) mass is 284 g/mol. The molecule has 0 aromatic heterocycles. The first kappa shape index (κ1) is 15.8. The summed E-state index contributed by atoms with van der Waals surface area (Å²) in [6.07, 6.45) is 0.557. The van der Waals surface area contributed by atoms with Crippen molar-refractivity contribution in [2.75, 3.05) is 7.11 Å². The zero-order valence-electron chi connectivity index (χ0n) is 11.4. The lowest BCUT2D eigenvalue weighted by molar-refractivity contribution is -0.120. The van der Waals surface area contributed by atoms with Gasteiger partial charge in [-0.15, -0.1) is 0 Å². The molecule has 1 amide bonds. The topological polar surface area (TPSA) is 87.4 Å². The molecule has 0 aliphatic heterocycles. The largest absolute Gasteiger partial charge is 0.588 e. The van der Waals surface area contributed by atoms with E-state index >= 15 is 0 Å². The highest BCUT2D eigenvalue weighted by Crippen LogP contribution is 2.17. The molecule has 0 fully saturated rings. The molecule has 0 spiro atoms. The Kier molecular flexibility index (Phi) is 6.14. The highest BCUT2D eigenvalue weighted by atomic mass is 32.2. The Morgan fingerprint density at radius 2 is 2.21 bits per heavy atom. The Bertz CT molecular complexity index is 426. The first-order valence-corrected chi connectivity index (χ1v) is 7.21. The van der Waals surface area contributed by atoms with Gasteiger partial charge in [0.1, 0.15) is 17.1 Å². The average Bonchev–Trinajstić information content (AvgIpc) is 2.37. The van der Waals surface area contributed by atoms with Crippen LogP contribution in [0.5, 0.6) is 5.75 Å². The van der Waals surface area contributed by atoms with Gasteiger partial charge in [-0.05, 0) is 24.5 Å². The summed E-state index contributed by atoms with van der Waals surface area (Å²) in [5.41, 5.74) is 5.73. The molecule has 1 aromatic rings. The third kappa shape index (κ3) is 5.10. The van der Waals surface area contributed by atoms with E-state index in [2.05, 4.69) is 4.72 Å². The van der Waals surface area contributed by atoms with Crippen LogP contribution in [0.3, 0.4) is 0 Å². The third-order valence-electron chi connectivity index (χ3n) is 2.51. The number of methoxy groups -OCH3 is 1. The second kappa shape index (κ2) is 7.37. The van der Waals surface area contributed by atoms with Gasteiger partial charge in [0.25, 0.3) is 5.91 Å². The van der Waals surface area contributed by atoms with Crippen molar-refractivity contribution in [1.82, 2.24) is 4.72 Å². The van der Waals surface area contributed by atoms with E-state index in [0.717, 1.165) is 0 Å². The minimum absolute atomic E-state index is 0.311. The molecule has 0 heterocycles. The summed E-state index contributed by atoms with van der Waals surface area (Å²) in [5.74, 6) is 0.493. The molecule has 0 bridgehead atoms. The summed E-state index contributed by atoms with van der Waals surface area (Å²) >= 11 is -1.62. The second-order valence-corrected chi connectivity index (χ2v) is 5.86. The van der Waals surface area contributed by atoms with Crippen molar-refractivity contribution in [1.29, 1.82) is 0 Å². The van der Waals surface area contributed by atoms with Crippen LogP contribution in [0.4, 0.5) is 0 Å². The van der Waals surface area contributed by atoms with Gasteiger partial charge in [-0.25, -0.2) is 0 Å². The van der Waals surface area contributed by atoms with Crippen molar-refractivity contribution < 1.29 is 14.1 Å². The van der Waals surface area contributed by atoms with Crippen LogP contribution >= 0.6 is 0 Å². The van der Waals surface area contributed by atoms with Gasteiger partial charge < -0.3 is 15.0 Å². The number of carbonyl (C=O) groups excluding carboxylic acids is 1. The molecule has 1 aromatic carbocycles. The third-order valence-corrected chi connectivity index (χ3v) is 3.58. The molecule has 0 aliphatic rings. The molecule has 0 radical (unpaired) electrons. The maximum Gasteiger partial charge on any atom is 0.278 e. The maximum absolute atomic E-state index is 12.0. The van der Waals surface area contributed by atoms with Crippen molar-refractivity contribution in [3.63, 3.8) is 0 Å². The van der Waals surface area contributed by atoms with E-state index < -0.39 is 23.3 Å². The molecule has 6 heteroatoms. The number of rotatable bonds is 6. The van der Waals surface area contributed by atoms with Crippen molar-refractivity contribution in [2.45, 2.75) is 31.2 Å². The van der Waals surface area contributed by atoms with Crippen LogP contribution in [0.25, 0.3) is 0 Å². The summed E-state index contributed by atoms with van der Waals surface area (Å²) in [6.45, 7) is 3.96. The second-order valence-electron chi connectivity index (χ2n) is 4.65. The van der Waals surface area contributed by atoms with E-state index in [1.165, 1.54) is 7.11 Å². The van der Waals surface area contributed by atoms with Gasteiger partial charge >= 0.3 is 0 Å². The molecule has 5 nitrogen and oxygen atoms in total. The van der Waals surface area contributed by atoms with Crippen LogP contribution in [0, 0.1) is 5.92 Å². The van der Waals surface area contributed by atoms with Crippen LogP contribution in [-0.2, 0) is 16.2 Å². The van der Waals surface area contributed by atoms with E-state index in [4.69, 9.17) is 10.5 Å². The predicted octanol–water partition coefficient (Wildman–Crippen LogP) is 1.21. The highest BCUT2D eigenvalue weighted by molar-refractivity contribution is 7.90. The molecule has 0 aliphatic carbocycles. The van der Waals surface area contributed by atoms with Gasteiger partial charge in [0, 0.05) is 6.07 Å². The van der Waals surface area contributed by atoms with E-state index in [-0.39, 0.29) is 0 Å². The number of amides is 1. The average molecular weight is 284 g/mol. The summed E-state index contributed by atoms with van der Waals surface area (Å²) in [6, 6.07) is 6.09. The predicted molar refractivity (Wildman–Crippen MR) is 75.0 cm³/mol. The van der Waals surface area contributed by atoms with Crippen LogP contribution in [-0.4, -0.2) is 23.6 Å².